The number of methoxy groups -OCH3 is 1. The molecule has 1 aromatic heterocycles. The smallest absolute Gasteiger partial charge is 0.305 e. The molecule has 19 heavy (non-hydrogen) atoms. The van der Waals surface area contributed by atoms with Gasteiger partial charge in [-0.15, -0.1) is 0 Å². The number of aromatic nitrogens is 2. The van der Waals surface area contributed by atoms with Gasteiger partial charge in [-0.1, -0.05) is 11.8 Å². The molecule has 0 aromatic carbocycles. The summed E-state index contributed by atoms with van der Waals surface area (Å²) in [4.78, 5) is 18.3. The SMILES string of the molecule is COC(=O)CCCC#Cc1cnc(S(C)(=O)=O)nc1. The molecule has 0 fully saturated rings. The van der Waals surface area contributed by atoms with E-state index >= 15 is 0 Å². The highest BCUT2D eigenvalue weighted by molar-refractivity contribution is 7.90. The summed E-state index contributed by atoms with van der Waals surface area (Å²) >= 11 is 0. The van der Waals surface area contributed by atoms with Crippen LogP contribution in [0.15, 0.2) is 17.6 Å². The van der Waals surface area contributed by atoms with Crippen molar-refractivity contribution in [2.24, 2.45) is 0 Å². The molecule has 0 aliphatic rings. The van der Waals surface area contributed by atoms with E-state index in [1.165, 1.54) is 19.5 Å². The summed E-state index contributed by atoms with van der Waals surface area (Å²) in [5.74, 6) is 5.38. The van der Waals surface area contributed by atoms with Crippen molar-refractivity contribution in [2.75, 3.05) is 13.4 Å². The Morgan fingerprint density at radius 1 is 1.37 bits per heavy atom. The first-order chi connectivity index (χ1) is 8.93. The maximum atomic E-state index is 11.1. The molecular formula is C12H14N2O4S. The molecule has 7 heteroatoms. The molecule has 6 nitrogen and oxygen atoms in total. The summed E-state index contributed by atoms with van der Waals surface area (Å²) in [5.41, 5.74) is 0.533. The average molecular weight is 282 g/mol. The third-order valence-corrected chi connectivity index (χ3v) is 2.98. The molecule has 102 valence electrons. The molecule has 0 radical (unpaired) electrons. The van der Waals surface area contributed by atoms with Gasteiger partial charge in [-0.3, -0.25) is 4.79 Å². The van der Waals surface area contributed by atoms with Crippen LogP contribution in [0.2, 0.25) is 0 Å². The molecular weight excluding hydrogens is 268 g/mol. The number of hydrogen-bond acceptors (Lipinski definition) is 6. The first-order valence-electron chi connectivity index (χ1n) is 5.51. The fourth-order valence-corrected chi connectivity index (χ4v) is 1.65. The van der Waals surface area contributed by atoms with Gasteiger partial charge in [0.05, 0.1) is 12.7 Å². The van der Waals surface area contributed by atoms with Gasteiger partial charge < -0.3 is 4.74 Å². The Balaban J connectivity index is 2.53. The summed E-state index contributed by atoms with van der Waals surface area (Å²) in [6.07, 6.45) is 5.24. The van der Waals surface area contributed by atoms with Crippen LogP contribution < -0.4 is 0 Å². The zero-order valence-corrected chi connectivity index (χ0v) is 11.5. The van der Waals surface area contributed by atoms with E-state index in [0.29, 0.717) is 24.8 Å². The number of sulfone groups is 1. The topological polar surface area (TPSA) is 86.2 Å². The second-order valence-corrected chi connectivity index (χ2v) is 5.67. The lowest BCUT2D eigenvalue weighted by Gasteiger charge is -1.95. The minimum atomic E-state index is -3.38. The van der Waals surface area contributed by atoms with E-state index in [2.05, 4.69) is 26.5 Å². The Labute approximate surface area is 112 Å². The molecule has 0 spiro atoms. The maximum Gasteiger partial charge on any atom is 0.305 e. The summed E-state index contributed by atoms with van der Waals surface area (Å²) in [7, 11) is -2.04. The number of carbonyl (C=O) groups is 1. The second kappa shape index (κ2) is 6.85. The Kier molecular flexibility index (Phi) is 5.45. The minimum Gasteiger partial charge on any atom is -0.469 e. The highest BCUT2D eigenvalue weighted by atomic mass is 32.2. The van der Waals surface area contributed by atoms with Gasteiger partial charge in [0, 0.05) is 31.5 Å². The number of nitrogens with zero attached hydrogens (tertiary/aromatic N) is 2. The summed E-state index contributed by atoms with van der Waals surface area (Å²) in [6.45, 7) is 0. The number of esters is 1. The van der Waals surface area contributed by atoms with E-state index in [-0.39, 0.29) is 11.1 Å². The molecule has 0 N–H and O–H groups in total. The normalized spacial score (nSPS) is 10.4. The van der Waals surface area contributed by atoms with Crippen molar-refractivity contribution in [3.8, 4) is 11.8 Å². The maximum absolute atomic E-state index is 11.1. The van der Waals surface area contributed by atoms with Crippen LogP contribution in [0.5, 0.6) is 0 Å². The Morgan fingerprint density at radius 2 is 2.00 bits per heavy atom. The van der Waals surface area contributed by atoms with Gasteiger partial charge in [0.2, 0.25) is 15.0 Å². The van der Waals surface area contributed by atoms with Crippen LogP contribution in [0.1, 0.15) is 24.8 Å². The molecule has 0 aliphatic carbocycles. The van der Waals surface area contributed by atoms with Crippen LogP contribution in [0.3, 0.4) is 0 Å². The number of ether oxygens (including phenoxy) is 1. The van der Waals surface area contributed by atoms with Crippen molar-refractivity contribution >= 4 is 15.8 Å². The highest BCUT2D eigenvalue weighted by Gasteiger charge is 2.09. The van der Waals surface area contributed by atoms with Crippen LogP contribution >= 0.6 is 0 Å². The number of unbranched alkanes of at least 4 members (excludes halogenated alkanes) is 1. The van der Waals surface area contributed by atoms with Crippen molar-refractivity contribution in [3.63, 3.8) is 0 Å². The third kappa shape index (κ3) is 5.48. The van der Waals surface area contributed by atoms with Crippen molar-refractivity contribution in [1.29, 1.82) is 0 Å². The molecule has 0 bridgehead atoms. The third-order valence-electron chi connectivity index (χ3n) is 2.10. The first kappa shape index (κ1) is 15.1. The van der Waals surface area contributed by atoms with Crippen molar-refractivity contribution < 1.29 is 17.9 Å². The quantitative estimate of drug-likeness (QED) is 0.347. The fourth-order valence-electron chi connectivity index (χ4n) is 1.16. The lowest BCUT2D eigenvalue weighted by molar-refractivity contribution is -0.140. The van der Waals surface area contributed by atoms with Gasteiger partial charge in [0.1, 0.15) is 0 Å². The monoisotopic (exact) mass is 282 g/mol. The van der Waals surface area contributed by atoms with E-state index in [1.54, 1.807) is 0 Å². The van der Waals surface area contributed by atoms with E-state index in [9.17, 15) is 13.2 Å². The van der Waals surface area contributed by atoms with Crippen molar-refractivity contribution in [3.05, 3.63) is 18.0 Å². The van der Waals surface area contributed by atoms with Gasteiger partial charge in [-0.05, 0) is 6.42 Å². The summed E-state index contributed by atoms with van der Waals surface area (Å²) < 4.78 is 26.8. The van der Waals surface area contributed by atoms with Gasteiger partial charge in [-0.25, -0.2) is 18.4 Å². The van der Waals surface area contributed by atoms with Gasteiger partial charge >= 0.3 is 5.97 Å². The lowest BCUT2D eigenvalue weighted by Crippen LogP contribution is -2.03. The number of rotatable bonds is 4. The van der Waals surface area contributed by atoms with Gasteiger partial charge in [0.25, 0.3) is 0 Å². The standard InChI is InChI=1S/C12H14N2O4S/c1-18-11(15)7-5-3-4-6-10-8-13-12(14-9-10)19(2,16)17/h8-9H,3,5,7H2,1-2H3. The van der Waals surface area contributed by atoms with Crippen molar-refractivity contribution in [1.82, 2.24) is 9.97 Å². The van der Waals surface area contributed by atoms with Gasteiger partial charge in [-0.2, -0.15) is 0 Å². The van der Waals surface area contributed by atoms with Crippen LogP contribution in [0.25, 0.3) is 0 Å². The lowest BCUT2D eigenvalue weighted by atomic mass is 10.2. The van der Waals surface area contributed by atoms with Gasteiger partial charge in [0.15, 0.2) is 0 Å². The largest absolute Gasteiger partial charge is 0.469 e. The molecule has 0 atom stereocenters. The predicted molar refractivity (Wildman–Crippen MR) is 67.9 cm³/mol. The molecule has 0 amide bonds. The van der Waals surface area contributed by atoms with E-state index in [4.69, 9.17) is 0 Å². The van der Waals surface area contributed by atoms with Crippen LogP contribution in [-0.4, -0.2) is 37.7 Å². The first-order valence-corrected chi connectivity index (χ1v) is 7.40. The zero-order valence-electron chi connectivity index (χ0n) is 10.7. The Bertz CT molecular complexity index is 597. The van der Waals surface area contributed by atoms with E-state index < -0.39 is 9.84 Å². The van der Waals surface area contributed by atoms with E-state index in [0.717, 1.165) is 6.26 Å². The molecule has 1 aromatic rings. The van der Waals surface area contributed by atoms with Crippen LogP contribution in [0, 0.1) is 11.8 Å². The molecule has 0 saturated heterocycles. The zero-order chi connectivity index (χ0) is 14.3. The van der Waals surface area contributed by atoms with Crippen molar-refractivity contribution in [2.45, 2.75) is 24.4 Å². The summed E-state index contributed by atoms with van der Waals surface area (Å²) in [6, 6.07) is 0. The minimum absolute atomic E-state index is 0.219. The average Bonchev–Trinajstić information content (AvgIpc) is 2.37. The van der Waals surface area contributed by atoms with Crippen LogP contribution in [-0.2, 0) is 19.4 Å². The predicted octanol–water partition coefficient (Wildman–Crippen LogP) is 0.575. The molecule has 0 unspecified atom stereocenters. The second-order valence-electron chi connectivity index (χ2n) is 3.76. The highest BCUT2D eigenvalue weighted by Crippen LogP contribution is 2.01. The Morgan fingerprint density at radius 3 is 2.53 bits per heavy atom. The molecule has 1 rings (SSSR count). The summed E-state index contributed by atoms with van der Waals surface area (Å²) in [5, 5.41) is -0.219. The molecule has 1 heterocycles. The molecule has 0 aliphatic heterocycles. The van der Waals surface area contributed by atoms with Crippen LogP contribution in [0.4, 0.5) is 0 Å². The number of hydrogen-bond donors (Lipinski definition) is 0. The molecule has 0 saturated carbocycles. The Hall–Kier alpha value is -1.94. The fraction of sp³-hybridized carbons (Fsp3) is 0.417. The number of carbonyl (C=O) groups excluding carboxylic acids is 1. The van der Waals surface area contributed by atoms with E-state index in [1.807, 2.05) is 0 Å².